The van der Waals surface area contributed by atoms with Gasteiger partial charge < -0.3 is 5.73 Å². The molecule has 0 saturated carbocycles. The molecule has 114 valence electrons. The van der Waals surface area contributed by atoms with Crippen LogP contribution in [0.15, 0.2) is 26.0 Å². The molecular weight excluding hydrogens is 408 g/mol. The Kier molecular flexibility index (Phi) is 6.97. The average molecular weight is 428 g/mol. The van der Waals surface area contributed by atoms with Gasteiger partial charge in [0, 0.05) is 15.5 Å². The Morgan fingerprint density at radius 1 is 1.25 bits per heavy atom. The van der Waals surface area contributed by atoms with E-state index in [-0.39, 0.29) is 10.6 Å². The molecule has 0 saturated heterocycles. The minimum Gasteiger partial charge on any atom is -0.398 e. The summed E-state index contributed by atoms with van der Waals surface area (Å²) in [5.41, 5.74) is 6.02. The van der Waals surface area contributed by atoms with Gasteiger partial charge in [0.25, 0.3) is 0 Å². The van der Waals surface area contributed by atoms with E-state index >= 15 is 0 Å². The van der Waals surface area contributed by atoms with Crippen molar-refractivity contribution in [2.24, 2.45) is 5.92 Å². The van der Waals surface area contributed by atoms with Crippen LogP contribution in [-0.2, 0) is 10.0 Å². The monoisotopic (exact) mass is 426 g/mol. The highest BCUT2D eigenvalue weighted by Crippen LogP contribution is 2.31. The second-order valence-corrected chi connectivity index (χ2v) is 8.57. The quantitative estimate of drug-likeness (QED) is 0.511. The van der Waals surface area contributed by atoms with E-state index in [2.05, 4.69) is 50.4 Å². The number of hydrogen-bond donors (Lipinski definition) is 2. The summed E-state index contributed by atoms with van der Waals surface area (Å²) in [6.07, 6.45) is 2.94. The number of nitrogens with one attached hydrogen (secondary N) is 1. The van der Waals surface area contributed by atoms with Crippen LogP contribution in [-0.4, -0.2) is 15.0 Å². The van der Waals surface area contributed by atoms with Crippen LogP contribution in [0.2, 0.25) is 0 Å². The maximum Gasteiger partial charge on any atom is 0.243 e. The zero-order chi connectivity index (χ0) is 15.3. The molecule has 0 aliphatic rings. The van der Waals surface area contributed by atoms with E-state index in [1.807, 2.05) is 0 Å². The first-order chi connectivity index (χ1) is 9.24. The Hall–Kier alpha value is -0.110. The first kappa shape index (κ1) is 17.9. The van der Waals surface area contributed by atoms with Crippen molar-refractivity contribution in [3.63, 3.8) is 0 Å². The first-order valence-corrected chi connectivity index (χ1v) is 9.55. The lowest BCUT2D eigenvalue weighted by molar-refractivity contribution is 0.530. The van der Waals surface area contributed by atoms with Crippen molar-refractivity contribution >= 4 is 47.6 Å². The number of rotatable bonds is 7. The van der Waals surface area contributed by atoms with Crippen LogP contribution in [0.1, 0.15) is 33.1 Å². The number of unbranched alkanes of at least 4 members (excludes halogenated alkanes) is 1. The Morgan fingerprint density at radius 2 is 1.90 bits per heavy atom. The second kappa shape index (κ2) is 7.77. The number of sulfonamides is 1. The van der Waals surface area contributed by atoms with Gasteiger partial charge in [-0.05, 0) is 40.4 Å². The lowest BCUT2D eigenvalue weighted by Crippen LogP contribution is -2.26. The molecule has 7 heteroatoms. The summed E-state index contributed by atoms with van der Waals surface area (Å²) in [6, 6.07) is 3.25. The van der Waals surface area contributed by atoms with Gasteiger partial charge in [0.2, 0.25) is 10.0 Å². The molecule has 0 fully saturated rings. The number of nitrogens with two attached hydrogens (primary N) is 1. The van der Waals surface area contributed by atoms with Gasteiger partial charge in [0.1, 0.15) is 4.90 Å². The van der Waals surface area contributed by atoms with Gasteiger partial charge in [-0.2, -0.15) is 0 Å². The lowest BCUT2D eigenvalue weighted by Gasteiger charge is -2.12. The molecule has 3 N–H and O–H groups in total. The molecule has 0 aromatic heterocycles. The third kappa shape index (κ3) is 5.35. The van der Waals surface area contributed by atoms with E-state index in [4.69, 9.17) is 5.73 Å². The minimum absolute atomic E-state index is 0.101. The molecule has 0 aliphatic carbocycles. The zero-order valence-electron chi connectivity index (χ0n) is 11.6. The predicted molar refractivity (Wildman–Crippen MR) is 90.1 cm³/mol. The van der Waals surface area contributed by atoms with Gasteiger partial charge >= 0.3 is 0 Å². The standard InChI is InChI=1S/C13H20Br2N2O2S/c1-9(2)5-3-4-6-17-20(18,19)13-11(15)7-10(14)8-12(13)16/h7-9,17H,3-6,16H2,1-2H3. The summed E-state index contributed by atoms with van der Waals surface area (Å²) in [6.45, 7) is 4.74. The van der Waals surface area contributed by atoms with Crippen molar-refractivity contribution in [3.8, 4) is 0 Å². The number of anilines is 1. The van der Waals surface area contributed by atoms with Gasteiger partial charge in [-0.1, -0.05) is 42.6 Å². The molecule has 0 bridgehead atoms. The third-order valence-electron chi connectivity index (χ3n) is 2.81. The maximum absolute atomic E-state index is 12.2. The van der Waals surface area contributed by atoms with Crippen LogP contribution < -0.4 is 10.5 Å². The summed E-state index contributed by atoms with van der Waals surface area (Å²) in [7, 11) is -3.58. The van der Waals surface area contributed by atoms with Crippen LogP contribution in [0.3, 0.4) is 0 Å². The summed E-state index contributed by atoms with van der Waals surface area (Å²) >= 11 is 6.52. The second-order valence-electron chi connectivity index (χ2n) is 5.09. The van der Waals surface area contributed by atoms with Crippen LogP contribution in [0.5, 0.6) is 0 Å². The lowest BCUT2D eigenvalue weighted by atomic mass is 10.1. The summed E-state index contributed by atoms with van der Waals surface area (Å²) in [4.78, 5) is 0.101. The molecule has 1 aromatic rings. The molecule has 0 atom stereocenters. The smallest absolute Gasteiger partial charge is 0.243 e. The molecule has 1 aromatic carbocycles. The summed E-state index contributed by atoms with van der Waals surface area (Å²) < 4.78 is 28.3. The van der Waals surface area contributed by atoms with Crippen molar-refractivity contribution in [3.05, 3.63) is 21.1 Å². The van der Waals surface area contributed by atoms with E-state index in [1.165, 1.54) is 0 Å². The molecule has 0 amide bonds. The number of nitrogen functional groups attached to an aromatic ring is 1. The zero-order valence-corrected chi connectivity index (χ0v) is 15.6. The summed E-state index contributed by atoms with van der Waals surface area (Å²) in [5.74, 6) is 0.642. The molecule has 20 heavy (non-hydrogen) atoms. The molecule has 0 aliphatic heterocycles. The maximum atomic E-state index is 12.2. The van der Waals surface area contributed by atoms with E-state index < -0.39 is 10.0 Å². The number of halogens is 2. The molecule has 0 radical (unpaired) electrons. The van der Waals surface area contributed by atoms with Crippen LogP contribution in [0, 0.1) is 5.92 Å². The SMILES string of the molecule is CC(C)CCCCNS(=O)(=O)c1c(N)cc(Br)cc1Br. The van der Waals surface area contributed by atoms with Crippen LogP contribution in [0.4, 0.5) is 5.69 Å². The van der Waals surface area contributed by atoms with Gasteiger partial charge in [0.15, 0.2) is 0 Å². The largest absolute Gasteiger partial charge is 0.398 e. The first-order valence-electron chi connectivity index (χ1n) is 6.48. The van der Waals surface area contributed by atoms with Crippen molar-refractivity contribution in [1.29, 1.82) is 0 Å². The summed E-state index contributed by atoms with van der Waals surface area (Å²) in [5, 5.41) is 0. The van der Waals surface area contributed by atoms with Gasteiger partial charge in [-0.3, -0.25) is 0 Å². The Morgan fingerprint density at radius 3 is 2.45 bits per heavy atom. The third-order valence-corrected chi connectivity index (χ3v) is 5.73. The fourth-order valence-corrected chi connectivity index (χ4v) is 4.96. The molecule has 0 spiro atoms. The van der Waals surface area contributed by atoms with E-state index in [0.717, 1.165) is 23.7 Å². The molecular formula is C13H20Br2N2O2S. The normalized spacial score (nSPS) is 12.1. The Bertz CT molecular complexity index is 536. The fraction of sp³-hybridized carbons (Fsp3) is 0.538. The molecule has 0 unspecified atom stereocenters. The fourth-order valence-electron chi connectivity index (χ4n) is 1.82. The van der Waals surface area contributed by atoms with Crippen LogP contribution >= 0.6 is 31.9 Å². The van der Waals surface area contributed by atoms with E-state index in [9.17, 15) is 8.42 Å². The highest BCUT2D eigenvalue weighted by molar-refractivity contribution is 9.11. The predicted octanol–water partition coefficient (Wildman–Crippen LogP) is 3.90. The number of benzene rings is 1. The highest BCUT2D eigenvalue weighted by atomic mass is 79.9. The van der Waals surface area contributed by atoms with E-state index in [0.29, 0.717) is 16.9 Å². The topological polar surface area (TPSA) is 72.2 Å². The van der Waals surface area contributed by atoms with Gasteiger partial charge in [0.05, 0.1) is 5.69 Å². The molecule has 0 heterocycles. The van der Waals surface area contributed by atoms with Gasteiger partial charge in [-0.15, -0.1) is 0 Å². The Balaban J connectivity index is 2.70. The van der Waals surface area contributed by atoms with Crippen molar-refractivity contribution in [2.45, 2.75) is 38.0 Å². The van der Waals surface area contributed by atoms with Crippen molar-refractivity contribution in [2.75, 3.05) is 12.3 Å². The van der Waals surface area contributed by atoms with E-state index in [1.54, 1.807) is 12.1 Å². The number of hydrogen-bond acceptors (Lipinski definition) is 3. The highest BCUT2D eigenvalue weighted by Gasteiger charge is 2.21. The van der Waals surface area contributed by atoms with Crippen molar-refractivity contribution < 1.29 is 8.42 Å². The molecule has 1 rings (SSSR count). The Labute approximate surface area is 137 Å². The van der Waals surface area contributed by atoms with Crippen LogP contribution in [0.25, 0.3) is 0 Å². The van der Waals surface area contributed by atoms with Crippen molar-refractivity contribution in [1.82, 2.24) is 4.72 Å². The minimum atomic E-state index is -3.58. The molecule has 4 nitrogen and oxygen atoms in total. The van der Waals surface area contributed by atoms with Gasteiger partial charge in [-0.25, -0.2) is 13.1 Å². The average Bonchev–Trinajstić information content (AvgIpc) is 2.25.